The Balaban J connectivity index is 1.73. The first-order valence-corrected chi connectivity index (χ1v) is 8.00. The number of amidine groups is 1. The molecule has 0 amide bonds. The van der Waals surface area contributed by atoms with Crippen LogP contribution in [0.2, 0.25) is 0 Å². The molecule has 7 nitrogen and oxygen atoms in total. The fourth-order valence-electron chi connectivity index (χ4n) is 2.92. The van der Waals surface area contributed by atoms with Crippen LogP contribution in [-0.4, -0.2) is 37.3 Å². The van der Waals surface area contributed by atoms with E-state index in [1.807, 2.05) is 31.2 Å². The van der Waals surface area contributed by atoms with E-state index in [2.05, 4.69) is 61.9 Å². The first kappa shape index (κ1) is 14.6. The lowest BCUT2D eigenvalue weighted by molar-refractivity contribution is 0.436. The smallest absolute Gasteiger partial charge is 0.139 e. The average molecular weight is 321 g/mol. The van der Waals surface area contributed by atoms with Crippen LogP contribution in [0.1, 0.15) is 25.2 Å². The highest BCUT2D eigenvalue weighted by Crippen LogP contribution is 2.29. The zero-order valence-electron chi connectivity index (χ0n) is 13.9. The van der Waals surface area contributed by atoms with Crippen molar-refractivity contribution < 1.29 is 0 Å². The summed E-state index contributed by atoms with van der Waals surface area (Å²) >= 11 is 0. The lowest BCUT2D eigenvalue weighted by Gasteiger charge is -2.26. The minimum absolute atomic E-state index is 0.0681. The van der Waals surface area contributed by atoms with Crippen molar-refractivity contribution in [2.45, 2.75) is 26.9 Å². The van der Waals surface area contributed by atoms with E-state index in [1.165, 1.54) is 0 Å². The van der Waals surface area contributed by atoms with E-state index in [0.29, 0.717) is 5.92 Å². The molecular formula is C17H19N7. The molecule has 0 bridgehead atoms. The summed E-state index contributed by atoms with van der Waals surface area (Å²) in [5.74, 6) is 1.35. The van der Waals surface area contributed by atoms with Gasteiger partial charge in [-0.2, -0.15) is 20.5 Å². The van der Waals surface area contributed by atoms with Gasteiger partial charge in [0.1, 0.15) is 23.4 Å². The average Bonchev–Trinajstić information content (AvgIpc) is 3.21. The van der Waals surface area contributed by atoms with Crippen LogP contribution < -0.4 is 5.43 Å². The highest BCUT2D eigenvalue weighted by molar-refractivity contribution is 5.90. The number of pyridine rings is 1. The third-order valence-corrected chi connectivity index (χ3v) is 4.08. The van der Waals surface area contributed by atoms with Gasteiger partial charge in [0.05, 0.1) is 5.69 Å². The minimum atomic E-state index is 0.0681. The summed E-state index contributed by atoms with van der Waals surface area (Å²) in [7, 11) is 0. The number of aromatic nitrogens is 4. The fraction of sp³-hybridized carbons (Fsp3) is 0.294. The molecule has 0 aliphatic carbocycles. The van der Waals surface area contributed by atoms with E-state index < -0.39 is 0 Å². The van der Waals surface area contributed by atoms with Gasteiger partial charge in [-0.05, 0) is 25.1 Å². The maximum Gasteiger partial charge on any atom is 0.139 e. The van der Waals surface area contributed by atoms with Crippen molar-refractivity contribution in [3.8, 4) is 11.4 Å². The summed E-state index contributed by atoms with van der Waals surface area (Å²) in [4.78, 5) is 6.70. The normalized spacial score (nSPS) is 19.2. The number of nitrogens with zero attached hydrogens (tertiary/aromatic N) is 5. The molecule has 0 fully saturated rings. The number of aromatic amines is 1. The molecule has 2 N–H and O–H groups in total. The molecule has 7 heteroatoms. The van der Waals surface area contributed by atoms with Crippen molar-refractivity contribution in [3.05, 3.63) is 47.9 Å². The van der Waals surface area contributed by atoms with E-state index in [-0.39, 0.29) is 6.17 Å². The summed E-state index contributed by atoms with van der Waals surface area (Å²) in [6.07, 6.45) is 6.26. The molecule has 0 unspecified atom stereocenters. The molecule has 1 atom stereocenters. The Labute approximate surface area is 140 Å². The molecule has 4 rings (SSSR count). The maximum atomic E-state index is 4.56. The van der Waals surface area contributed by atoms with Crippen molar-refractivity contribution in [2.75, 3.05) is 0 Å². The van der Waals surface area contributed by atoms with E-state index in [9.17, 15) is 0 Å². The van der Waals surface area contributed by atoms with Gasteiger partial charge >= 0.3 is 0 Å². The van der Waals surface area contributed by atoms with Crippen LogP contribution >= 0.6 is 0 Å². The van der Waals surface area contributed by atoms with Gasteiger partial charge in [-0.15, -0.1) is 0 Å². The third kappa shape index (κ3) is 2.38. The van der Waals surface area contributed by atoms with Gasteiger partial charge in [-0.1, -0.05) is 26.0 Å². The van der Waals surface area contributed by atoms with E-state index in [4.69, 9.17) is 0 Å². The molecule has 0 aromatic carbocycles. The summed E-state index contributed by atoms with van der Waals surface area (Å²) in [6, 6.07) is 5.89. The largest absolute Gasteiger partial charge is 0.308 e. The van der Waals surface area contributed by atoms with Crippen molar-refractivity contribution in [1.82, 2.24) is 30.7 Å². The Bertz CT molecular complexity index is 859. The summed E-state index contributed by atoms with van der Waals surface area (Å²) in [6.45, 7) is 6.23. The van der Waals surface area contributed by atoms with Gasteiger partial charge in [0.2, 0.25) is 0 Å². The SMILES string of the molecule is Cc1cccc(-c2n[nH]nc2C2=CN3C(C(C)C)=NN[C@@H]3C=C2)n1. The molecule has 0 saturated carbocycles. The predicted octanol–water partition coefficient (Wildman–Crippen LogP) is 2.29. The van der Waals surface area contributed by atoms with Crippen LogP contribution in [0.5, 0.6) is 0 Å². The molecule has 2 aromatic rings. The summed E-state index contributed by atoms with van der Waals surface area (Å²) < 4.78 is 0. The fourth-order valence-corrected chi connectivity index (χ4v) is 2.92. The molecule has 0 spiro atoms. The van der Waals surface area contributed by atoms with Crippen LogP contribution in [0.25, 0.3) is 17.0 Å². The molecule has 2 aromatic heterocycles. The number of aryl methyl sites for hydroxylation is 1. The van der Waals surface area contributed by atoms with Gasteiger partial charge in [0.15, 0.2) is 0 Å². The number of nitrogens with one attached hydrogen (secondary N) is 2. The summed E-state index contributed by atoms with van der Waals surface area (Å²) in [5, 5.41) is 15.8. The number of allylic oxidation sites excluding steroid dienone is 2. The third-order valence-electron chi connectivity index (χ3n) is 4.08. The topological polar surface area (TPSA) is 82.1 Å². The van der Waals surface area contributed by atoms with E-state index in [1.54, 1.807) is 0 Å². The molecule has 2 aliphatic heterocycles. The lowest BCUT2D eigenvalue weighted by Crippen LogP contribution is -2.37. The first-order valence-electron chi connectivity index (χ1n) is 8.00. The van der Waals surface area contributed by atoms with Crippen LogP contribution in [0.15, 0.2) is 41.7 Å². The standard InChI is InChI=1S/C17H19N7/c1-10(2)17-22-19-14-8-7-12(9-24(14)17)15-16(21-23-20-15)13-6-4-5-11(3)18-13/h4-10,14,19H,1-3H3,(H,20,21,23)/t14-/m0/s1. The number of fused-ring (bicyclic) bond motifs is 1. The van der Waals surface area contributed by atoms with Crippen molar-refractivity contribution in [2.24, 2.45) is 11.0 Å². The molecule has 24 heavy (non-hydrogen) atoms. The first-order chi connectivity index (χ1) is 11.6. The number of hydrogen-bond donors (Lipinski definition) is 2. The van der Waals surface area contributed by atoms with Crippen LogP contribution in [0.4, 0.5) is 0 Å². The zero-order valence-corrected chi connectivity index (χ0v) is 13.9. The van der Waals surface area contributed by atoms with Crippen molar-refractivity contribution in [1.29, 1.82) is 0 Å². The zero-order chi connectivity index (χ0) is 16.7. The van der Waals surface area contributed by atoms with E-state index in [0.717, 1.165) is 34.2 Å². The second kappa shape index (κ2) is 5.59. The van der Waals surface area contributed by atoms with Gasteiger partial charge in [-0.3, -0.25) is 10.4 Å². The number of H-pyrrole nitrogens is 1. The Morgan fingerprint density at radius 1 is 1.17 bits per heavy atom. The maximum absolute atomic E-state index is 4.56. The quantitative estimate of drug-likeness (QED) is 0.906. The van der Waals surface area contributed by atoms with Gasteiger partial charge in [0, 0.05) is 23.4 Å². The number of rotatable bonds is 3. The second-order valence-electron chi connectivity index (χ2n) is 6.23. The van der Waals surface area contributed by atoms with E-state index >= 15 is 0 Å². The molecule has 0 saturated heterocycles. The van der Waals surface area contributed by atoms with Crippen LogP contribution in [0.3, 0.4) is 0 Å². The van der Waals surface area contributed by atoms with Crippen molar-refractivity contribution in [3.63, 3.8) is 0 Å². The highest BCUT2D eigenvalue weighted by atomic mass is 15.5. The second-order valence-corrected chi connectivity index (χ2v) is 6.23. The van der Waals surface area contributed by atoms with Gasteiger partial charge in [0.25, 0.3) is 0 Å². The Morgan fingerprint density at radius 2 is 2.00 bits per heavy atom. The van der Waals surface area contributed by atoms with Crippen LogP contribution in [-0.2, 0) is 0 Å². The number of hydrogen-bond acceptors (Lipinski definition) is 6. The molecular weight excluding hydrogens is 302 g/mol. The predicted molar refractivity (Wildman–Crippen MR) is 92.5 cm³/mol. The highest BCUT2D eigenvalue weighted by Gasteiger charge is 2.29. The molecule has 122 valence electrons. The van der Waals surface area contributed by atoms with Gasteiger partial charge < -0.3 is 4.90 Å². The Morgan fingerprint density at radius 3 is 2.79 bits per heavy atom. The van der Waals surface area contributed by atoms with Crippen molar-refractivity contribution >= 4 is 11.4 Å². The lowest BCUT2D eigenvalue weighted by atomic mass is 10.0. The monoisotopic (exact) mass is 321 g/mol. The Kier molecular flexibility index (Phi) is 3.41. The Hall–Kier alpha value is -2.96. The van der Waals surface area contributed by atoms with Crippen LogP contribution in [0, 0.1) is 12.8 Å². The molecule has 4 heterocycles. The molecule has 0 radical (unpaired) electrons. The minimum Gasteiger partial charge on any atom is -0.308 e. The summed E-state index contributed by atoms with van der Waals surface area (Å²) in [5.41, 5.74) is 7.42. The van der Waals surface area contributed by atoms with Gasteiger partial charge in [-0.25, -0.2) is 0 Å². The number of hydrazone groups is 1. The molecule has 2 aliphatic rings.